The Labute approximate surface area is 247 Å². The first-order valence-electron chi connectivity index (χ1n) is 14.8. The van der Waals surface area contributed by atoms with Crippen molar-refractivity contribution in [3.63, 3.8) is 0 Å². The number of esters is 2. The van der Waals surface area contributed by atoms with Crippen molar-refractivity contribution in [1.82, 2.24) is 5.32 Å². The van der Waals surface area contributed by atoms with Crippen LogP contribution in [0.25, 0.3) is 0 Å². The third-order valence-corrected chi connectivity index (χ3v) is 7.71. The molecule has 1 atom stereocenters. The summed E-state index contributed by atoms with van der Waals surface area (Å²) < 4.78 is 11.4. The van der Waals surface area contributed by atoms with Gasteiger partial charge in [0.05, 0.1) is 12.5 Å². The molecule has 1 amide bonds. The molecule has 3 aromatic carbocycles. The Balaban J connectivity index is 1.32. The summed E-state index contributed by atoms with van der Waals surface area (Å²) in [6.45, 7) is 0.208. The fraction of sp³-hybridized carbons (Fsp3) is 0.371. The van der Waals surface area contributed by atoms with E-state index >= 15 is 0 Å². The number of carbonyl (C=O) groups excluding carboxylic acids is 4. The van der Waals surface area contributed by atoms with E-state index < -0.39 is 17.6 Å². The molecule has 0 heterocycles. The number of ether oxygens (including phenoxy) is 2. The van der Waals surface area contributed by atoms with Gasteiger partial charge in [0.2, 0.25) is 0 Å². The summed E-state index contributed by atoms with van der Waals surface area (Å²) in [7, 11) is 0. The number of benzene rings is 3. The Bertz CT molecular complexity index is 1300. The molecule has 0 bridgehead atoms. The topological polar surface area (TPSA) is 98.8 Å². The van der Waals surface area contributed by atoms with Crippen LogP contribution in [0.5, 0.6) is 0 Å². The third-order valence-electron chi connectivity index (χ3n) is 7.71. The third kappa shape index (κ3) is 9.68. The smallest absolute Gasteiger partial charge is 0.306 e. The zero-order chi connectivity index (χ0) is 29.6. The van der Waals surface area contributed by atoms with Gasteiger partial charge in [-0.1, -0.05) is 85.3 Å². The van der Waals surface area contributed by atoms with Crippen molar-refractivity contribution in [3.05, 3.63) is 108 Å². The highest BCUT2D eigenvalue weighted by atomic mass is 16.6. The van der Waals surface area contributed by atoms with Crippen LogP contribution in [-0.2, 0) is 36.9 Å². The standard InChI is InChI=1S/C35H39NO6/c37-31(30(25-27-13-5-1-6-14-27)36-34(40)29-17-9-3-10-18-29)19-20-33(39)42-35(22-11-4-12-23-35)24-21-32(38)41-26-28-15-7-2-8-16-28/h1-3,5-10,13-18,30H,4,11-12,19-26H2,(H,36,40)/t30-/m0/s1. The molecule has 220 valence electrons. The fourth-order valence-corrected chi connectivity index (χ4v) is 5.36. The highest BCUT2D eigenvalue weighted by Gasteiger charge is 2.36. The number of nitrogens with one attached hydrogen (secondary N) is 1. The van der Waals surface area contributed by atoms with Gasteiger partial charge in [-0.2, -0.15) is 0 Å². The molecule has 1 aliphatic carbocycles. The summed E-state index contributed by atoms with van der Waals surface area (Å²) in [4.78, 5) is 51.7. The predicted octanol–water partition coefficient (Wildman–Crippen LogP) is 6.15. The van der Waals surface area contributed by atoms with E-state index in [1.54, 1.807) is 24.3 Å². The average molecular weight is 570 g/mol. The molecular weight excluding hydrogens is 530 g/mol. The van der Waals surface area contributed by atoms with Crippen molar-refractivity contribution < 1.29 is 28.7 Å². The van der Waals surface area contributed by atoms with Gasteiger partial charge in [-0.25, -0.2) is 0 Å². The van der Waals surface area contributed by atoms with Gasteiger partial charge in [0.1, 0.15) is 12.2 Å². The molecule has 7 heteroatoms. The summed E-state index contributed by atoms with van der Waals surface area (Å²) in [5.74, 6) is -1.36. The molecule has 0 unspecified atom stereocenters. The van der Waals surface area contributed by atoms with E-state index in [-0.39, 0.29) is 43.5 Å². The van der Waals surface area contributed by atoms with Gasteiger partial charge in [0, 0.05) is 18.4 Å². The number of rotatable bonds is 14. The van der Waals surface area contributed by atoms with Crippen LogP contribution in [0.3, 0.4) is 0 Å². The first-order valence-corrected chi connectivity index (χ1v) is 14.8. The van der Waals surface area contributed by atoms with Crippen molar-refractivity contribution in [2.45, 2.75) is 82.5 Å². The SMILES string of the molecule is O=C(CCC1(OC(=O)CCC(=O)[C@H](Cc2ccccc2)NC(=O)c2ccccc2)CCCCC1)OCc1ccccc1. The molecule has 1 aliphatic rings. The number of ketones is 1. The second kappa shape index (κ2) is 15.7. The molecule has 7 nitrogen and oxygen atoms in total. The molecule has 0 spiro atoms. The van der Waals surface area contributed by atoms with E-state index in [1.807, 2.05) is 66.7 Å². The normalized spacial score (nSPS) is 14.8. The van der Waals surface area contributed by atoms with Crippen LogP contribution in [0.2, 0.25) is 0 Å². The zero-order valence-corrected chi connectivity index (χ0v) is 24.0. The largest absolute Gasteiger partial charge is 0.461 e. The quantitative estimate of drug-likeness (QED) is 0.234. The first-order chi connectivity index (χ1) is 20.4. The molecule has 4 rings (SSSR count). The minimum absolute atomic E-state index is 0.0550. The molecule has 1 fully saturated rings. The highest BCUT2D eigenvalue weighted by molar-refractivity contribution is 5.98. The summed E-state index contributed by atoms with van der Waals surface area (Å²) >= 11 is 0. The predicted molar refractivity (Wildman–Crippen MR) is 159 cm³/mol. The summed E-state index contributed by atoms with van der Waals surface area (Å²) in [5, 5.41) is 2.86. The van der Waals surface area contributed by atoms with Gasteiger partial charge in [-0.05, 0) is 61.8 Å². The van der Waals surface area contributed by atoms with E-state index in [1.165, 1.54) is 0 Å². The molecule has 42 heavy (non-hydrogen) atoms. The second-order valence-corrected chi connectivity index (χ2v) is 10.9. The monoisotopic (exact) mass is 569 g/mol. The molecular formula is C35H39NO6. The lowest BCUT2D eigenvalue weighted by atomic mass is 9.81. The van der Waals surface area contributed by atoms with Crippen molar-refractivity contribution in [2.24, 2.45) is 0 Å². The van der Waals surface area contributed by atoms with Gasteiger partial charge in [0.15, 0.2) is 5.78 Å². The van der Waals surface area contributed by atoms with Crippen LogP contribution < -0.4 is 5.32 Å². The van der Waals surface area contributed by atoms with Crippen LogP contribution in [0.1, 0.15) is 79.3 Å². The van der Waals surface area contributed by atoms with Crippen molar-refractivity contribution >= 4 is 23.6 Å². The van der Waals surface area contributed by atoms with E-state index in [0.717, 1.165) is 30.4 Å². The highest BCUT2D eigenvalue weighted by Crippen LogP contribution is 2.36. The van der Waals surface area contributed by atoms with Crippen LogP contribution in [0.15, 0.2) is 91.0 Å². The first kappa shape index (κ1) is 30.7. The number of hydrogen-bond donors (Lipinski definition) is 1. The van der Waals surface area contributed by atoms with Crippen LogP contribution in [-0.4, -0.2) is 35.3 Å². The van der Waals surface area contributed by atoms with Crippen LogP contribution in [0, 0.1) is 0 Å². The maximum atomic E-state index is 13.3. The van der Waals surface area contributed by atoms with Crippen molar-refractivity contribution in [2.75, 3.05) is 0 Å². The van der Waals surface area contributed by atoms with Gasteiger partial charge in [-0.15, -0.1) is 0 Å². The Hall–Kier alpha value is -4.26. The summed E-state index contributed by atoms with van der Waals surface area (Å²) in [6.07, 6.45) is 4.97. The van der Waals surface area contributed by atoms with Gasteiger partial charge in [-0.3, -0.25) is 19.2 Å². The Morgan fingerprint density at radius 2 is 1.29 bits per heavy atom. The van der Waals surface area contributed by atoms with Gasteiger partial charge >= 0.3 is 11.9 Å². The zero-order valence-electron chi connectivity index (χ0n) is 24.0. The van der Waals surface area contributed by atoms with Crippen molar-refractivity contribution in [1.29, 1.82) is 0 Å². The van der Waals surface area contributed by atoms with E-state index in [4.69, 9.17) is 9.47 Å². The number of hydrogen-bond acceptors (Lipinski definition) is 6. The molecule has 0 aromatic heterocycles. The maximum Gasteiger partial charge on any atom is 0.306 e. The number of carbonyl (C=O) groups is 4. The molecule has 1 N–H and O–H groups in total. The van der Waals surface area contributed by atoms with Gasteiger partial charge < -0.3 is 14.8 Å². The Morgan fingerprint density at radius 3 is 1.93 bits per heavy atom. The van der Waals surface area contributed by atoms with E-state index in [9.17, 15) is 19.2 Å². The maximum absolute atomic E-state index is 13.3. The molecule has 0 aliphatic heterocycles. The Morgan fingerprint density at radius 1 is 0.690 bits per heavy atom. The molecule has 0 saturated heterocycles. The summed E-state index contributed by atoms with van der Waals surface area (Å²) in [5.41, 5.74) is 1.56. The lowest BCUT2D eigenvalue weighted by Gasteiger charge is -2.36. The number of Topliss-reactive ketones (excluding diaryl/α,β-unsaturated/α-hetero) is 1. The van der Waals surface area contributed by atoms with Crippen LogP contribution in [0.4, 0.5) is 0 Å². The molecule has 3 aromatic rings. The lowest BCUT2D eigenvalue weighted by molar-refractivity contribution is -0.167. The van der Waals surface area contributed by atoms with Crippen molar-refractivity contribution in [3.8, 4) is 0 Å². The van der Waals surface area contributed by atoms with Gasteiger partial charge in [0.25, 0.3) is 5.91 Å². The Kier molecular flexibility index (Phi) is 11.4. The summed E-state index contributed by atoms with van der Waals surface area (Å²) in [6, 6.07) is 26.9. The number of amides is 1. The van der Waals surface area contributed by atoms with Crippen LogP contribution >= 0.6 is 0 Å². The molecule has 1 saturated carbocycles. The fourth-order valence-electron chi connectivity index (χ4n) is 5.36. The minimum atomic E-state index is -0.782. The lowest BCUT2D eigenvalue weighted by Crippen LogP contribution is -2.43. The minimum Gasteiger partial charge on any atom is -0.461 e. The average Bonchev–Trinajstić information content (AvgIpc) is 3.03. The van der Waals surface area contributed by atoms with E-state index in [2.05, 4.69) is 5.32 Å². The van der Waals surface area contributed by atoms with E-state index in [0.29, 0.717) is 31.2 Å². The molecule has 0 radical (unpaired) electrons. The second-order valence-electron chi connectivity index (χ2n) is 10.9.